The monoisotopic (exact) mass is 405 g/mol. The summed E-state index contributed by atoms with van der Waals surface area (Å²) in [5, 5.41) is 1.70. The van der Waals surface area contributed by atoms with E-state index in [0.717, 1.165) is 27.7 Å². The summed E-state index contributed by atoms with van der Waals surface area (Å²) in [7, 11) is 0. The molecular weight excluding hydrogens is 386 g/mol. The van der Waals surface area contributed by atoms with Crippen LogP contribution in [0, 0.1) is 0 Å². The van der Waals surface area contributed by atoms with Crippen LogP contribution >= 0.6 is 11.6 Å². The van der Waals surface area contributed by atoms with Crippen LogP contribution in [-0.2, 0) is 16.0 Å². The lowest BCUT2D eigenvalue weighted by Crippen LogP contribution is -2.62. The Morgan fingerprint density at radius 3 is 2.79 bits per heavy atom. The minimum Gasteiger partial charge on any atom is -0.356 e. The van der Waals surface area contributed by atoms with Crippen molar-refractivity contribution in [3.05, 3.63) is 83.0 Å². The number of benzene rings is 2. The van der Waals surface area contributed by atoms with Gasteiger partial charge in [0.2, 0.25) is 11.8 Å². The molecule has 0 bridgehead atoms. The fraction of sp³-hybridized carbons (Fsp3) is 0.217. The summed E-state index contributed by atoms with van der Waals surface area (Å²) in [6.07, 6.45) is 2.16. The lowest BCUT2D eigenvalue weighted by atomic mass is 9.86. The van der Waals surface area contributed by atoms with Crippen LogP contribution in [0.15, 0.2) is 61.2 Å². The van der Waals surface area contributed by atoms with E-state index < -0.39 is 6.04 Å². The summed E-state index contributed by atoms with van der Waals surface area (Å²) in [5.74, 6) is -0.0989. The number of aromatic amines is 1. The second kappa shape index (κ2) is 6.78. The van der Waals surface area contributed by atoms with E-state index >= 15 is 0 Å². The van der Waals surface area contributed by atoms with Crippen molar-refractivity contribution in [3.8, 4) is 0 Å². The van der Waals surface area contributed by atoms with Crippen molar-refractivity contribution in [2.45, 2.75) is 18.5 Å². The van der Waals surface area contributed by atoms with E-state index in [9.17, 15) is 9.59 Å². The van der Waals surface area contributed by atoms with Gasteiger partial charge in [-0.05, 0) is 29.3 Å². The van der Waals surface area contributed by atoms with Crippen molar-refractivity contribution in [2.75, 3.05) is 13.1 Å². The number of carbonyl (C=O) groups excluding carboxylic acids is 2. The number of hydrogen-bond donors (Lipinski definition) is 1. The molecule has 29 heavy (non-hydrogen) atoms. The third-order valence-corrected chi connectivity index (χ3v) is 6.09. The average Bonchev–Trinajstić information content (AvgIpc) is 3.09. The topological polar surface area (TPSA) is 56.4 Å². The zero-order valence-electron chi connectivity index (χ0n) is 15.8. The summed E-state index contributed by atoms with van der Waals surface area (Å²) in [5.41, 5.74) is 3.96. The lowest BCUT2D eigenvalue weighted by Gasteiger charge is -2.47. The number of amides is 2. The van der Waals surface area contributed by atoms with Crippen LogP contribution in [0.25, 0.3) is 10.9 Å². The molecule has 2 amide bonds. The van der Waals surface area contributed by atoms with Crippen LogP contribution in [0.5, 0.6) is 0 Å². The molecule has 1 saturated heterocycles. The predicted octanol–water partition coefficient (Wildman–Crippen LogP) is 3.69. The maximum absolute atomic E-state index is 13.3. The van der Waals surface area contributed by atoms with Crippen LogP contribution in [0.4, 0.5) is 0 Å². The molecule has 5 nitrogen and oxygen atoms in total. The first-order chi connectivity index (χ1) is 14.1. The van der Waals surface area contributed by atoms with Crippen molar-refractivity contribution in [3.63, 3.8) is 0 Å². The number of rotatable bonds is 3. The Hall–Kier alpha value is -3.05. The van der Waals surface area contributed by atoms with E-state index in [-0.39, 0.29) is 24.4 Å². The molecule has 2 aliphatic rings. The highest BCUT2D eigenvalue weighted by Gasteiger charge is 2.47. The minimum atomic E-state index is -0.535. The number of piperazine rings is 1. The number of halogens is 1. The molecule has 0 unspecified atom stereocenters. The molecule has 6 heteroatoms. The highest BCUT2D eigenvalue weighted by Crippen LogP contribution is 2.42. The van der Waals surface area contributed by atoms with Gasteiger partial charge in [-0.3, -0.25) is 9.59 Å². The smallest absolute Gasteiger partial charge is 0.246 e. The van der Waals surface area contributed by atoms with Crippen LogP contribution in [0.3, 0.4) is 0 Å². The summed E-state index contributed by atoms with van der Waals surface area (Å²) in [6, 6.07) is 14.7. The van der Waals surface area contributed by atoms with Gasteiger partial charge in [0.25, 0.3) is 0 Å². The van der Waals surface area contributed by atoms with E-state index in [2.05, 4.69) is 17.6 Å². The van der Waals surface area contributed by atoms with Gasteiger partial charge in [0.1, 0.15) is 12.6 Å². The Labute approximate surface area is 173 Å². The Morgan fingerprint density at radius 1 is 1.17 bits per heavy atom. The van der Waals surface area contributed by atoms with Crippen LogP contribution in [-0.4, -0.2) is 45.7 Å². The zero-order chi connectivity index (χ0) is 20.1. The molecular formula is C23H20ClN3O2. The molecule has 0 radical (unpaired) electrons. The number of hydrogen-bond acceptors (Lipinski definition) is 2. The van der Waals surface area contributed by atoms with Gasteiger partial charge in [-0.1, -0.05) is 48.0 Å². The molecule has 3 aromatic rings. The number of para-hydroxylation sites is 1. The summed E-state index contributed by atoms with van der Waals surface area (Å²) in [6.45, 7) is 4.16. The average molecular weight is 406 g/mol. The van der Waals surface area contributed by atoms with Gasteiger partial charge in [0.15, 0.2) is 0 Å². The Balaban J connectivity index is 1.73. The predicted molar refractivity (Wildman–Crippen MR) is 113 cm³/mol. The van der Waals surface area contributed by atoms with Crippen molar-refractivity contribution in [1.82, 2.24) is 14.8 Å². The van der Waals surface area contributed by atoms with Gasteiger partial charge in [0.05, 0.1) is 6.04 Å². The molecule has 1 aromatic heterocycles. The molecule has 0 aliphatic carbocycles. The number of nitrogens with zero attached hydrogens (tertiary/aromatic N) is 2. The first-order valence-corrected chi connectivity index (χ1v) is 10.0. The second-order valence-corrected chi connectivity index (χ2v) is 7.99. The largest absolute Gasteiger partial charge is 0.356 e. The minimum absolute atomic E-state index is 0.0348. The highest BCUT2D eigenvalue weighted by molar-refractivity contribution is 6.30. The maximum atomic E-state index is 13.3. The van der Waals surface area contributed by atoms with Crippen LogP contribution < -0.4 is 0 Å². The van der Waals surface area contributed by atoms with E-state index in [4.69, 9.17) is 11.6 Å². The summed E-state index contributed by atoms with van der Waals surface area (Å²) >= 11 is 6.27. The highest BCUT2D eigenvalue weighted by atomic mass is 35.5. The third-order valence-electron chi connectivity index (χ3n) is 5.86. The molecule has 1 fully saturated rings. The van der Waals surface area contributed by atoms with E-state index in [1.165, 1.54) is 0 Å². The lowest BCUT2D eigenvalue weighted by molar-refractivity contribution is -0.158. The standard InChI is InChI=1S/C23H20ClN3O2/c1-2-10-26-13-20(28)27-19(23(26)29)12-17-16-8-3-4-9-18(16)25-21(17)22(27)14-6-5-7-15(24)11-14/h2-9,11,19,22,25H,1,10,12-13H2/t19-,22+/m0/s1. The van der Waals surface area contributed by atoms with E-state index in [1.807, 2.05) is 42.5 Å². The van der Waals surface area contributed by atoms with Crippen molar-refractivity contribution in [1.29, 1.82) is 0 Å². The van der Waals surface area contributed by atoms with E-state index in [1.54, 1.807) is 15.9 Å². The van der Waals surface area contributed by atoms with E-state index in [0.29, 0.717) is 18.0 Å². The molecule has 1 N–H and O–H groups in total. The number of aromatic nitrogens is 1. The third kappa shape index (κ3) is 2.76. The van der Waals surface area contributed by atoms with Gasteiger partial charge in [0, 0.05) is 34.6 Å². The van der Waals surface area contributed by atoms with Crippen molar-refractivity contribution < 1.29 is 9.59 Å². The molecule has 2 atom stereocenters. The molecule has 2 aliphatic heterocycles. The second-order valence-electron chi connectivity index (χ2n) is 7.55. The van der Waals surface area contributed by atoms with Crippen molar-refractivity contribution in [2.24, 2.45) is 0 Å². The van der Waals surface area contributed by atoms with Gasteiger partial charge in [-0.25, -0.2) is 0 Å². The van der Waals surface area contributed by atoms with Crippen LogP contribution in [0.2, 0.25) is 5.02 Å². The number of H-pyrrole nitrogens is 1. The maximum Gasteiger partial charge on any atom is 0.246 e. The zero-order valence-corrected chi connectivity index (χ0v) is 16.5. The quantitative estimate of drug-likeness (QED) is 0.675. The molecule has 0 spiro atoms. The van der Waals surface area contributed by atoms with Crippen molar-refractivity contribution >= 4 is 34.3 Å². The molecule has 0 saturated carbocycles. The Morgan fingerprint density at radius 2 is 2.00 bits per heavy atom. The number of carbonyl (C=O) groups is 2. The fourth-order valence-electron chi connectivity index (χ4n) is 4.66. The number of fused-ring (bicyclic) bond motifs is 4. The SMILES string of the molecule is C=CCN1CC(=O)N2[C@H](c3cccc(Cl)c3)c3[nH]c4ccccc4c3C[C@H]2C1=O. The Bertz CT molecular complexity index is 1150. The van der Waals surface area contributed by atoms with Crippen LogP contribution in [0.1, 0.15) is 22.9 Å². The van der Waals surface area contributed by atoms with Gasteiger partial charge >= 0.3 is 0 Å². The first-order valence-electron chi connectivity index (χ1n) is 9.64. The van der Waals surface area contributed by atoms with Gasteiger partial charge in [-0.15, -0.1) is 6.58 Å². The molecule has 146 valence electrons. The summed E-state index contributed by atoms with van der Waals surface area (Å²) < 4.78 is 0. The van der Waals surface area contributed by atoms with Gasteiger partial charge in [-0.2, -0.15) is 0 Å². The Kier molecular flexibility index (Phi) is 4.21. The number of nitrogens with one attached hydrogen (secondary N) is 1. The fourth-order valence-corrected chi connectivity index (χ4v) is 4.86. The molecule has 3 heterocycles. The first kappa shape index (κ1) is 18.0. The molecule has 2 aromatic carbocycles. The molecule has 5 rings (SSSR count). The van der Waals surface area contributed by atoms with Gasteiger partial charge < -0.3 is 14.8 Å². The normalized spacial score (nSPS) is 21.3. The summed E-state index contributed by atoms with van der Waals surface area (Å²) in [4.78, 5) is 33.3.